The number of rotatable bonds is 6. The van der Waals surface area contributed by atoms with Crippen molar-refractivity contribution >= 4 is 0 Å². The average molecular weight is 216 g/mol. The molecule has 0 aromatic heterocycles. The van der Waals surface area contributed by atoms with Crippen molar-refractivity contribution in [2.75, 3.05) is 26.4 Å². The van der Waals surface area contributed by atoms with Crippen LogP contribution >= 0.6 is 0 Å². The van der Waals surface area contributed by atoms with Gasteiger partial charge in [-0.25, -0.2) is 0 Å². The van der Waals surface area contributed by atoms with Gasteiger partial charge in [-0.3, -0.25) is 0 Å². The Kier molecular flexibility index (Phi) is 6.22. The molecule has 2 unspecified atom stereocenters. The molecule has 0 radical (unpaired) electrons. The largest absolute Gasteiger partial charge is 0.376 e. The van der Waals surface area contributed by atoms with Gasteiger partial charge >= 0.3 is 0 Å². The standard InChI is InChI=1S/C6H10O3.C6H14/c1(5-3-8-5)7-2-6-4-9-6;1-4-5-6(2)3/h5-6H,1-4H2;6H,4-5H2,1-3H3. The molecule has 15 heavy (non-hydrogen) atoms. The summed E-state index contributed by atoms with van der Waals surface area (Å²) in [6.07, 6.45) is 3.49. The van der Waals surface area contributed by atoms with E-state index in [-0.39, 0.29) is 0 Å². The normalized spacial score (nSPS) is 27.2. The molecule has 0 aromatic carbocycles. The highest BCUT2D eigenvalue weighted by atomic mass is 16.6. The molecule has 0 N–H and O–H groups in total. The molecule has 2 aliphatic rings. The van der Waals surface area contributed by atoms with Gasteiger partial charge in [0.15, 0.2) is 0 Å². The van der Waals surface area contributed by atoms with E-state index in [9.17, 15) is 0 Å². The highest BCUT2D eigenvalue weighted by Crippen LogP contribution is 2.12. The van der Waals surface area contributed by atoms with Crippen molar-refractivity contribution < 1.29 is 14.2 Å². The second kappa shape index (κ2) is 7.20. The zero-order valence-corrected chi connectivity index (χ0v) is 10.2. The van der Waals surface area contributed by atoms with E-state index in [2.05, 4.69) is 20.8 Å². The van der Waals surface area contributed by atoms with E-state index in [1.165, 1.54) is 12.8 Å². The number of ether oxygens (including phenoxy) is 3. The average Bonchev–Trinajstić information content (AvgIpc) is 2.99. The summed E-state index contributed by atoms with van der Waals surface area (Å²) in [4.78, 5) is 0. The van der Waals surface area contributed by atoms with E-state index in [0.29, 0.717) is 12.2 Å². The van der Waals surface area contributed by atoms with E-state index in [4.69, 9.17) is 14.2 Å². The topological polar surface area (TPSA) is 34.3 Å². The van der Waals surface area contributed by atoms with Crippen molar-refractivity contribution in [2.45, 2.75) is 45.8 Å². The first-order valence-corrected chi connectivity index (χ1v) is 6.03. The summed E-state index contributed by atoms with van der Waals surface area (Å²) in [6, 6.07) is 0. The van der Waals surface area contributed by atoms with Crippen LogP contribution in [0.3, 0.4) is 0 Å². The van der Waals surface area contributed by atoms with E-state index in [1.54, 1.807) is 0 Å². The Morgan fingerprint density at radius 2 is 1.60 bits per heavy atom. The van der Waals surface area contributed by atoms with Gasteiger partial charge in [0, 0.05) is 0 Å². The SMILES string of the molecule is C(OCC1CO1)C1CO1.CCCC(C)C. The maximum absolute atomic E-state index is 5.23. The fraction of sp³-hybridized carbons (Fsp3) is 1.00. The lowest BCUT2D eigenvalue weighted by Gasteiger charge is -1.95. The van der Waals surface area contributed by atoms with Gasteiger partial charge < -0.3 is 14.2 Å². The Hall–Kier alpha value is -0.120. The van der Waals surface area contributed by atoms with Crippen molar-refractivity contribution in [3.8, 4) is 0 Å². The molecular weight excluding hydrogens is 192 g/mol. The Morgan fingerprint density at radius 1 is 1.13 bits per heavy atom. The first-order chi connectivity index (χ1) is 7.22. The second-order valence-electron chi connectivity index (χ2n) is 4.63. The molecule has 2 fully saturated rings. The Labute approximate surface area is 93.1 Å². The van der Waals surface area contributed by atoms with Gasteiger partial charge in [-0.2, -0.15) is 0 Å². The van der Waals surface area contributed by atoms with Crippen LogP contribution in [0.15, 0.2) is 0 Å². The van der Waals surface area contributed by atoms with Gasteiger partial charge in [-0.1, -0.05) is 33.6 Å². The van der Waals surface area contributed by atoms with E-state index in [1.807, 2.05) is 0 Å². The van der Waals surface area contributed by atoms with Crippen molar-refractivity contribution in [1.29, 1.82) is 0 Å². The van der Waals surface area contributed by atoms with Gasteiger partial charge in [0.2, 0.25) is 0 Å². The molecule has 2 heterocycles. The minimum Gasteiger partial charge on any atom is -0.376 e. The molecule has 0 aliphatic carbocycles. The molecule has 0 aromatic rings. The van der Waals surface area contributed by atoms with Crippen molar-refractivity contribution in [3.63, 3.8) is 0 Å². The van der Waals surface area contributed by atoms with Crippen molar-refractivity contribution in [2.24, 2.45) is 5.92 Å². The lowest BCUT2D eigenvalue weighted by molar-refractivity contribution is 0.102. The molecule has 0 amide bonds. The Balaban J connectivity index is 0.000000167. The third-order valence-corrected chi connectivity index (χ3v) is 2.28. The second-order valence-corrected chi connectivity index (χ2v) is 4.63. The summed E-state index contributed by atoms with van der Waals surface area (Å²) in [6.45, 7) is 9.99. The number of hydrogen-bond acceptors (Lipinski definition) is 3. The molecule has 2 aliphatic heterocycles. The van der Waals surface area contributed by atoms with E-state index >= 15 is 0 Å². The fourth-order valence-electron chi connectivity index (χ4n) is 1.24. The lowest BCUT2D eigenvalue weighted by Crippen LogP contribution is -2.06. The van der Waals surface area contributed by atoms with Crippen molar-refractivity contribution in [3.05, 3.63) is 0 Å². The van der Waals surface area contributed by atoms with Gasteiger partial charge in [-0.05, 0) is 5.92 Å². The number of hydrogen-bond donors (Lipinski definition) is 0. The summed E-state index contributed by atoms with van der Waals surface area (Å²) in [5.41, 5.74) is 0. The fourth-order valence-corrected chi connectivity index (χ4v) is 1.24. The zero-order chi connectivity index (χ0) is 11.1. The molecule has 0 bridgehead atoms. The van der Waals surface area contributed by atoms with Gasteiger partial charge in [0.1, 0.15) is 12.2 Å². The maximum Gasteiger partial charge on any atom is 0.104 e. The quantitative estimate of drug-likeness (QED) is 0.639. The van der Waals surface area contributed by atoms with Crippen LogP contribution in [-0.2, 0) is 14.2 Å². The van der Waals surface area contributed by atoms with Crippen LogP contribution in [0.4, 0.5) is 0 Å². The van der Waals surface area contributed by atoms with Gasteiger partial charge in [-0.15, -0.1) is 0 Å². The smallest absolute Gasteiger partial charge is 0.104 e. The molecule has 2 atom stereocenters. The summed E-state index contributed by atoms with van der Waals surface area (Å²) >= 11 is 0. The Morgan fingerprint density at radius 3 is 1.80 bits per heavy atom. The third-order valence-electron chi connectivity index (χ3n) is 2.28. The number of epoxide rings is 2. The zero-order valence-electron chi connectivity index (χ0n) is 10.2. The molecule has 2 saturated heterocycles. The predicted molar refractivity (Wildman–Crippen MR) is 60.0 cm³/mol. The van der Waals surface area contributed by atoms with Crippen LogP contribution in [0.2, 0.25) is 0 Å². The van der Waals surface area contributed by atoms with Crippen molar-refractivity contribution in [1.82, 2.24) is 0 Å². The highest BCUT2D eigenvalue weighted by Gasteiger charge is 2.26. The summed E-state index contributed by atoms with van der Waals surface area (Å²) in [7, 11) is 0. The third kappa shape index (κ3) is 8.85. The minimum absolute atomic E-state index is 0.392. The lowest BCUT2D eigenvalue weighted by atomic mass is 10.1. The van der Waals surface area contributed by atoms with Crippen LogP contribution in [0.1, 0.15) is 33.6 Å². The molecule has 0 spiro atoms. The first-order valence-electron chi connectivity index (χ1n) is 6.03. The highest BCUT2D eigenvalue weighted by molar-refractivity contribution is 4.71. The molecule has 3 nitrogen and oxygen atoms in total. The molecular formula is C12H24O3. The van der Waals surface area contributed by atoms with E-state index < -0.39 is 0 Å². The van der Waals surface area contributed by atoms with E-state index in [0.717, 1.165) is 32.3 Å². The molecule has 3 heteroatoms. The summed E-state index contributed by atoms with van der Waals surface area (Å²) in [5.74, 6) is 0.898. The van der Waals surface area contributed by atoms with Crippen LogP contribution in [0.5, 0.6) is 0 Å². The first kappa shape index (κ1) is 12.9. The predicted octanol–water partition coefficient (Wildman–Crippen LogP) is 2.24. The molecule has 0 saturated carbocycles. The minimum atomic E-state index is 0.392. The van der Waals surface area contributed by atoms with Gasteiger partial charge in [0.25, 0.3) is 0 Å². The van der Waals surface area contributed by atoms with Crippen LogP contribution in [0, 0.1) is 5.92 Å². The summed E-state index contributed by atoms with van der Waals surface area (Å²) in [5, 5.41) is 0. The maximum atomic E-state index is 5.23. The van der Waals surface area contributed by atoms with Gasteiger partial charge in [0.05, 0.1) is 26.4 Å². The van der Waals surface area contributed by atoms with Crippen LogP contribution in [0.25, 0.3) is 0 Å². The van der Waals surface area contributed by atoms with Crippen LogP contribution < -0.4 is 0 Å². The Bertz CT molecular complexity index is 139. The van der Waals surface area contributed by atoms with Crippen LogP contribution in [-0.4, -0.2) is 38.6 Å². The summed E-state index contributed by atoms with van der Waals surface area (Å²) < 4.78 is 15.1. The molecule has 90 valence electrons. The monoisotopic (exact) mass is 216 g/mol. The molecule has 2 rings (SSSR count).